The maximum absolute atomic E-state index is 12.3. The first-order chi connectivity index (χ1) is 12.6. The lowest BCUT2D eigenvalue weighted by molar-refractivity contribution is -0.121. The van der Waals surface area contributed by atoms with Crippen LogP contribution in [0.3, 0.4) is 0 Å². The molecule has 1 aromatic carbocycles. The number of amides is 1. The summed E-state index contributed by atoms with van der Waals surface area (Å²) in [5, 5.41) is 7.18. The van der Waals surface area contributed by atoms with Gasteiger partial charge >= 0.3 is 0 Å². The van der Waals surface area contributed by atoms with E-state index in [4.69, 9.17) is 14.0 Å². The second-order valence-corrected chi connectivity index (χ2v) is 6.86. The molecule has 0 spiro atoms. The molecule has 0 aliphatic heterocycles. The molecule has 2 atom stereocenters. The van der Waals surface area contributed by atoms with Crippen molar-refractivity contribution in [2.75, 3.05) is 14.2 Å². The van der Waals surface area contributed by atoms with Crippen LogP contribution in [0.4, 0.5) is 0 Å². The van der Waals surface area contributed by atoms with Crippen molar-refractivity contribution in [3.8, 4) is 22.8 Å². The lowest BCUT2D eigenvalue weighted by Gasteiger charge is -2.29. The molecule has 3 rings (SSSR count). The summed E-state index contributed by atoms with van der Waals surface area (Å²) in [5.74, 6) is 2.40. The van der Waals surface area contributed by atoms with Crippen LogP contribution in [-0.2, 0) is 11.2 Å². The Balaban J connectivity index is 1.65. The van der Waals surface area contributed by atoms with E-state index in [1.165, 1.54) is 19.3 Å². The van der Waals surface area contributed by atoms with Gasteiger partial charge in [0, 0.05) is 17.7 Å². The van der Waals surface area contributed by atoms with Crippen molar-refractivity contribution in [1.29, 1.82) is 0 Å². The predicted molar refractivity (Wildman–Crippen MR) is 98.3 cm³/mol. The summed E-state index contributed by atoms with van der Waals surface area (Å²) in [6.07, 6.45) is 4.90. The molecule has 6 nitrogen and oxygen atoms in total. The normalized spacial score (nSPS) is 19.8. The van der Waals surface area contributed by atoms with E-state index in [9.17, 15) is 4.79 Å². The van der Waals surface area contributed by atoms with Crippen LogP contribution < -0.4 is 14.8 Å². The van der Waals surface area contributed by atoms with Crippen LogP contribution >= 0.6 is 0 Å². The number of hydrogen-bond donors (Lipinski definition) is 1. The number of hydrogen-bond acceptors (Lipinski definition) is 5. The topological polar surface area (TPSA) is 73.6 Å². The van der Waals surface area contributed by atoms with Crippen molar-refractivity contribution >= 4 is 5.91 Å². The van der Waals surface area contributed by atoms with Crippen LogP contribution in [0.25, 0.3) is 11.3 Å². The Bertz CT molecular complexity index is 756. The number of benzene rings is 1. The molecule has 0 saturated heterocycles. The number of carbonyl (C=O) groups excluding carboxylic acids is 1. The molecule has 1 aromatic heterocycles. The predicted octanol–water partition coefficient (Wildman–Crippen LogP) is 3.60. The van der Waals surface area contributed by atoms with Gasteiger partial charge in [-0.05, 0) is 37.0 Å². The van der Waals surface area contributed by atoms with E-state index in [0.29, 0.717) is 28.9 Å². The highest BCUT2D eigenvalue weighted by Gasteiger charge is 2.23. The molecule has 6 heteroatoms. The van der Waals surface area contributed by atoms with Crippen LogP contribution in [0.15, 0.2) is 28.8 Å². The van der Waals surface area contributed by atoms with E-state index in [0.717, 1.165) is 12.0 Å². The molecule has 1 N–H and O–H groups in total. The van der Waals surface area contributed by atoms with Gasteiger partial charge in [0.1, 0.15) is 0 Å². The molecule has 1 aliphatic rings. The van der Waals surface area contributed by atoms with Gasteiger partial charge in [0.25, 0.3) is 0 Å². The van der Waals surface area contributed by atoms with Gasteiger partial charge in [-0.1, -0.05) is 24.9 Å². The number of methoxy groups -OCH3 is 2. The number of carbonyl (C=O) groups is 1. The third kappa shape index (κ3) is 4.18. The summed E-state index contributed by atoms with van der Waals surface area (Å²) in [6, 6.07) is 7.58. The summed E-state index contributed by atoms with van der Waals surface area (Å²) in [6.45, 7) is 2.20. The van der Waals surface area contributed by atoms with Gasteiger partial charge in [-0.2, -0.15) is 0 Å². The SMILES string of the molecule is COc1ccc(-c2cc(CC(=O)N[C@@H]3CCCC[C@H]3C)no2)cc1OC. The minimum Gasteiger partial charge on any atom is -0.493 e. The average Bonchev–Trinajstić information content (AvgIpc) is 3.11. The molecule has 1 amide bonds. The monoisotopic (exact) mass is 358 g/mol. The molecule has 0 radical (unpaired) electrons. The lowest BCUT2D eigenvalue weighted by atomic mass is 9.86. The van der Waals surface area contributed by atoms with Crippen molar-refractivity contribution in [3.05, 3.63) is 30.0 Å². The first-order valence-corrected chi connectivity index (χ1v) is 9.08. The Morgan fingerprint density at radius 2 is 1.96 bits per heavy atom. The lowest BCUT2D eigenvalue weighted by Crippen LogP contribution is -2.41. The molecule has 2 aromatic rings. The van der Waals surface area contributed by atoms with E-state index in [2.05, 4.69) is 17.4 Å². The van der Waals surface area contributed by atoms with Crippen LogP contribution in [0.5, 0.6) is 11.5 Å². The van der Waals surface area contributed by atoms with E-state index < -0.39 is 0 Å². The van der Waals surface area contributed by atoms with E-state index in [1.54, 1.807) is 20.3 Å². The maximum atomic E-state index is 12.3. The summed E-state index contributed by atoms with van der Waals surface area (Å²) < 4.78 is 16.0. The Kier molecular flexibility index (Phi) is 5.81. The summed E-state index contributed by atoms with van der Waals surface area (Å²) in [7, 11) is 3.18. The molecule has 0 bridgehead atoms. The third-order valence-electron chi connectivity index (χ3n) is 5.03. The van der Waals surface area contributed by atoms with Crippen LogP contribution in [-0.4, -0.2) is 31.3 Å². The maximum Gasteiger partial charge on any atom is 0.226 e. The Morgan fingerprint density at radius 1 is 1.19 bits per heavy atom. The standard InChI is InChI=1S/C20H26N2O4/c1-13-6-4-5-7-16(13)21-20(23)12-15-11-18(26-22-15)14-8-9-17(24-2)19(10-14)25-3/h8-11,13,16H,4-7,12H2,1-3H3,(H,21,23)/t13-,16-/m1/s1. The molecular weight excluding hydrogens is 332 g/mol. The number of nitrogens with zero attached hydrogens (tertiary/aromatic N) is 1. The molecule has 1 fully saturated rings. The number of nitrogens with one attached hydrogen (secondary N) is 1. The molecular formula is C20H26N2O4. The van der Waals surface area contributed by atoms with E-state index >= 15 is 0 Å². The smallest absolute Gasteiger partial charge is 0.226 e. The Morgan fingerprint density at radius 3 is 2.69 bits per heavy atom. The van der Waals surface area contributed by atoms with E-state index in [1.807, 2.05) is 18.2 Å². The summed E-state index contributed by atoms with van der Waals surface area (Å²) >= 11 is 0. The van der Waals surface area contributed by atoms with Gasteiger partial charge in [0.2, 0.25) is 5.91 Å². The summed E-state index contributed by atoms with van der Waals surface area (Å²) in [5.41, 5.74) is 1.44. The first kappa shape index (κ1) is 18.3. The second kappa shape index (κ2) is 8.25. The van der Waals surface area contributed by atoms with Crippen molar-refractivity contribution in [2.24, 2.45) is 5.92 Å². The van der Waals surface area contributed by atoms with Gasteiger partial charge in [-0.15, -0.1) is 0 Å². The van der Waals surface area contributed by atoms with Crippen molar-refractivity contribution in [3.63, 3.8) is 0 Å². The highest BCUT2D eigenvalue weighted by Crippen LogP contribution is 2.32. The zero-order valence-electron chi connectivity index (χ0n) is 15.6. The van der Waals surface area contributed by atoms with Gasteiger partial charge < -0.3 is 19.3 Å². The zero-order valence-corrected chi connectivity index (χ0v) is 15.6. The Labute approximate surface area is 153 Å². The fourth-order valence-electron chi connectivity index (χ4n) is 3.47. The number of rotatable bonds is 6. The van der Waals surface area contributed by atoms with Crippen LogP contribution in [0, 0.1) is 5.92 Å². The molecule has 140 valence electrons. The highest BCUT2D eigenvalue weighted by atomic mass is 16.5. The molecule has 1 heterocycles. The Hall–Kier alpha value is -2.50. The van der Waals surface area contributed by atoms with Gasteiger partial charge in [0.05, 0.1) is 26.3 Å². The third-order valence-corrected chi connectivity index (χ3v) is 5.03. The average molecular weight is 358 g/mol. The first-order valence-electron chi connectivity index (χ1n) is 9.08. The van der Waals surface area contributed by atoms with Crippen molar-refractivity contribution < 1.29 is 18.8 Å². The molecule has 0 unspecified atom stereocenters. The van der Waals surface area contributed by atoms with Crippen LogP contribution in [0.2, 0.25) is 0 Å². The van der Waals surface area contributed by atoms with E-state index in [-0.39, 0.29) is 18.4 Å². The van der Waals surface area contributed by atoms with Crippen molar-refractivity contribution in [2.45, 2.75) is 45.1 Å². The molecule has 26 heavy (non-hydrogen) atoms. The highest BCUT2D eigenvalue weighted by molar-refractivity contribution is 5.78. The largest absolute Gasteiger partial charge is 0.493 e. The van der Waals surface area contributed by atoms with Crippen molar-refractivity contribution in [1.82, 2.24) is 10.5 Å². The second-order valence-electron chi connectivity index (χ2n) is 6.86. The fraction of sp³-hybridized carbons (Fsp3) is 0.500. The van der Waals surface area contributed by atoms with Gasteiger partial charge in [-0.3, -0.25) is 4.79 Å². The molecule has 1 saturated carbocycles. The molecule has 1 aliphatic carbocycles. The minimum atomic E-state index is -0.00379. The van der Waals surface area contributed by atoms with Crippen LogP contribution in [0.1, 0.15) is 38.3 Å². The number of ether oxygens (including phenoxy) is 2. The van der Waals surface area contributed by atoms with Gasteiger partial charge in [0.15, 0.2) is 17.3 Å². The van der Waals surface area contributed by atoms with Gasteiger partial charge in [-0.25, -0.2) is 0 Å². The number of aromatic nitrogens is 1. The minimum absolute atomic E-state index is 0.00379. The quantitative estimate of drug-likeness (QED) is 0.854. The zero-order chi connectivity index (χ0) is 18.5. The summed E-state index contributed by atoms with van der Waals surface area (Å²) in [4.78, 5) is 12.3. The fourth-order valence-corrected chi connectivity index (χ4v) is 3.47.